The molecule has 2 heteroatoms. The molecule has 0 fully saturated rings. The van der Waals surface area contributed by atoms with E-state index in [0.717, 1.165) is 29.4 Å². The molecular formula is C14H15NO. The molecule has 1 aliphatic heterocycles. The fourth-order valence-electron chi connectivity index (χ4n) is 1.90. The predicted octanol–water partition coefficient (Wildman–Crippen LogP) is 3.49. The summed E-state index contributed by atoms with van der Waals surface area (Å²) in [4.78, 5) is 2.17. The summed E-state index contributed by atoms with van der Waals surface area (Å²) >= 11 is 0. The Balaban J connectivity index is 2.57. The largest absolute Gasteiger partial charge is 0.453 e. The number of fused-ring (bicyclic) bond motifs is 1. The van der Waals surface area contributed by atoms with Crippen LogP contribution in [0.4, 0.5) is 5.69 Å². The second-order valence-corrected chi connectivity index (χ2v) is 3.47. The summed E-state index contributed by atoms with van der Waals surface area (Å²) in [5.74, 6) is 1.63. The SMILES string of the molecule is C=CC1=C(C=C)N(CC)c2ccccc2O1. The van der Waals surface area contributed by atoms with Crippen LogP contribution < -0.4 is 9.64 Å². The van der Waals surface area contributed by atoms with Crippen molar-refractivity contribution >= 4 is 5.69 Å². The fourth-order valence-corrected chi connectivity index (χ4v) is 1.90. The maximum atomic E-state index is 5.77. The second kappa shape index (κ2) is 4.27. The molecule has 1 aromatic carbocycles. The topological polar surface area (TPSA) is 12.5 Å². The Bertz CT molecular complexity index is 460. The Labute approximate surface area is 96.1 Å². The van der Waals surface area contributed by atoms with Crippen LogP contribution in [0.2, 0.25) is 0 Å². The quantitative estimate of drug-likeness (QED) is 0.762. The zero-order valence-corrected chi connectivity index (χ0v) is 9.44. The molecule has 2 rings (SSSR count). The molecule has 2 nitrogen and oxygen atoms in total. The molecule has 0 N–H and O–H groups in total. The van der Waals surface area contributed by atoms with Gasteiger partial charge in [0.15, 0.2) is 11.5 Å². The molecule has 1 heterocycles. The molecule has 1 aromatic rings. The molecular weight excluding hydrogens is 198 g/mol. The third-order valence-electron chi connectivity index (χ3n) is 2.61. The average Bonchev–Trinajstić information content (AvgIpc) is 2.36. The number of allylic oxidation sites excluding steroid dienone is 2. The molecule has 0 aromatic heterocycles. The van der Waals surface area contributed by atoms with Crippen LogP contribution >= 0.6 is 0 Å². The van der Waals surface area contributed by atoms with Crippen molar-refractivity contribution in [1.82, 2.24) is 0 Å². The molecule has 16 heavy (non-hydrogen) atoms. The van der Waals surface area contributed by atoms with Crippen molar-refractivity contribution in [3.63, 3.8) is 0 Å². The first-order chi connectivity index (χ1) is 7.81. The molecule has 0 saturated carbocycles. The lowest BCUT2D eigenvalue weighted by Gasteiger charge is -2.32. The molecule has 1 aliphatic rings. The van der Waals surface area contributed by atoms with E-state index in [4.69, 9.17) is 4.74 Å². The average molecular weight is 213 g/mol. The van der Waals surface area contributed by atoms with Crippen LogP contribution in [0.25, 0.3) is 0 Å². The van der Waals surface area contributed by atoms with Crippen LogP contribution in [0, 0.1) is 0 Å². The Morgan fingerprint density at radius 2 is 2.00 bits per heavy atom. The van der Waals surface area contributed by atoms with Gasteiger partial charge >= 0.3 is 0 Å². The van der Waals surface area contributed by atoms with Crippen LogP contribution in [0.1, 0.15) is 6.92 Å². The van der Waals surface area contributed by atoms with E-state index in [1.165, 1.54) is 0 Å². The first kappa shape index (κ1) is 10.6. The first-order valence-corrected chi connectivity index (χ1v) is 5.35. The molecule has 0 amide bonds. The number of anilines is 1. The van der Waals surface area contributed by atoms with Crippen LogP contribution in [0.5, 0.6) is 5.75 Å². The van der Waals surface area contributed by atoms with Crippen molar-refractivity contribution in [1.29, 1.82) is 0 Å². The highest BCUT2D eigenvalue weighted by Crippen LogP contribution is 2.37. The van der Waals surface area contributed by atoms with Gasteiger partial charge in [-0.25, -0.2) is 0 Å². The van der Waals surface area contributed by atoms with Gasteiger partial charge in [-0.2, -0.15) is 0 Å². The van der Waals surface area contributed by atoms with Crippen molar-refractivity contribution in [2.75, 3.05) is 11.4 Å². The van der Waals surface area contributed by atoms with E-state index in [1.54, 1.807) is 12.2 Å². The van der Waals surface area contributed by atoms with Crippen molar-refractivity contribution in [3.8, 4) is 5.75 Å². The molecule has 0 radical (unpaired) electrons. The van der Waals surface area contributed by atoms with Crippen LogP contribution in [-0.4, -0.2) is 6.54 Å². The lowest BCUT2D eigenvalue weighted by atomic mass is 10.2. The lowest BCUT2D eigenvalue weighted by molar-refractivity contribution is 0.428. The molecule has 0 unspecified atom stereocenters. The standard InChI is InChI=1S/C14H15NO/c1-4-11-13(5-2)16-14-10-8-7-9-12(14)15(11)6-3/h4-5,7-10H,1-2,6H2,3H3. The van der Waals surface area contributed by atoms with Gasteiger partial charge in [-0.05, 0) is 31.2 Å². The monoisotopic (exact) mass is 213 g/mol. The minimum Gasteiger partial charge on any atom is -0.453 e. The van der Waals surface area contributed by atoms with E-state index in [2.05, 4.69) is 25.0 Å². The molecule has 0 spiro atoms. The lowest BCUT2D eigenvalue weighted by Crippen LogP contribution is -2.27. The molecule has 0 aliphatic carbocycles. The van der Waals surface area contributed by atoms with E-state index in [9.17, 15) is 0 Å². The van der Waals surface area contributed by atoms with Gasteiger partial charge in [0.05, 0.1) is 11.4 Å². The second-order valence-electron chi connectivity index (χ2n) is 3.47. The smallest absolute Gasteiger partial charge is 0.151 e. The molecule has 82 valence electrons. The summed E-state index contributed by atoms with van der Waals surface area (Å²) in [6.07, 6.45) is 3.52. The number of hydrogen-bond acceptors (Lipinski definition) is 2. The van der Waals surface area contributed by atoms with E-state index < -0.39 is 0 Å². The Kier molecular flexibility index (Phi) is 2.82. The number of nitrogens with zero attached hydrogens (tertiary/aromatic N) is 1. The Hall–Kier alpha value is -1.96. The zero-order valence-electron chi connectivity index (χ0n) is 9.44. The van der Waals surface area contributed by atoms with Gasteiger partial charge < -0.3 is 9.64 Å². The van der Waals surface area contributed by atoms with Crippen LogP contribution in [-0.2, 0) is 0 Å². The Morgan fingerprint density at radius 1 is 1.25 bits per heavy atom. The minimum atomic E-state index is 0.760. The third kappa shape index (κ3) is 1.52. The highest BCUT2D eigenvalue weighted by atomic mass is 16.5. The van der Waals surface area contributed by atoms with E-state index in [1.807, 2.05) is 24.3 Å². The van der Waals surface area contributed by atoms with Crippen molar-refractivity contribution in [2.45, 2.75) is 6.92 Å². The van der Waals surface area contributed by atoms with Gasteiger partial charge in [-0.1, -0.05) is 25.3 Å². The number of hydrogen-bond donors (Lipinski definition) is 0. The van der Waals surface area contributed by atoms with E-state index in [-0.39, 0.29) is 0 Å². The van der Waals surface area contributed by atoms with Gasteiger partial charge in [0.2, 0.25) is 0 Å². The molecule has 0 atom stereocenters. The third-order valence-corrected chi connectivity index (χ3v) is 2.61. The van der Waals surface area contributed by atoms with Crippen LogP contribution in [0.3, 0.4) is 0 Å². The fraction of sp³-hybridized carbons (Fsp3) is 0.143. The maximum absolute atomic E-state index is 5.77. The van der Waals surface area contributed by atoms with Gasteiger partial charge in [0.1, 0.15) is 0 Å². The number of para-hydroxylation sites is 2. The summed E-state index contributed by atoms with van der Waals surface area (Å²) in [7, 11) is 0. The van der Waals surface area contributed by atoms with E-state index >= 15 is 0 Å². The van der Waals surface area contributed by atoms with Gasteiger partial charge in [-0.15, -0.1) is 0 Å². The first-order valence-electron chi connectivity index (χ1n) is 5.35. The van der Waals surface area contributed by atoms with Crippen molar-refractivity contribution in [3.05, 3.63) is 61.0 Å². The number of ether oxygens (including phenoxy) is 1. The van der Waals surface area contributed by atoms with Gasteiger partial charge in [0, 0.05) is 6.54 Å². The Morgan fingerprint density at radius 3 is 2.62 bits per heavy atom. The number of rotatable bonds is 3. The van der Waals surface area contributed by atoms with Gasteiger partial charge in [-0.3, -0.25) is 0 Å². The summed E-state index contributed by atoms with van der Waals surface area (Å²) in [6, 6.07) is 7.97. The summed E-state index contributed by atoms with van der Waals surface area (Å²) in [5.41, 5.74) is 2.04. The van der Waals surface area contributed by atoms with Crippen LogP contribution in [0.15, 0.2) is 61.0 Å². The summed E-state index contributed by atoms with van der Waals surface area (Å²) in [6.45, 7) is 10.6. The molecule has 0 bridgehead atoms. The van der Waals surface area contributed by atoms with Crippen molar-refractivity contribution in [2.24, 2.45) is 0 Å². The van der Waals surface area contributed by atoms with Gasteiger partial charge in [0.25, 0.3) is 0 Å². The highest BCUT2D eigenvalue weighted by molar-refractivity contribution is 5.67. The highest BCUT2D eigenvalue weighted by Gasteiger charge is 2.21. The van der Waals surface area contributed by atoms with Crippen molar-refractivity contribution < 1.29 is 4.74 Å². The number of benzene rings is 1. The zero-order chi connectivity index (χ0) is 11.5. The maximum Gasteiger partial charge on any atom is 0.151 e. The van der Waals surface area contributed by atoms with E-state index in [0.29, 0.717) is 0 Å². The summed E-state index contributed by atoms with van der Waals surface area (Å²) in [5, 5.41) is 0. The molecule has 0 saturated heterocycles. The summed E-state index contributed by atoms with van der Waals surface area (Å²) < 4.78 is 5.77. The minimum absolute atomic E-state index is 0.760. The number of likely N-dealkylation sites (N-methyl/N-ethyl adjacent to an activating group) is 1. The predicted molar refractivity (Wildman–Crippen MR) is 67.5 cm³/mol. The normalized spacial score (nSPS) is 14.2.